The Balaban J connectivity index is 1.63. The fourth-order valence-electron chi connectivity index (χ4n) is 2.78. The zero-order chi connectivity index (χ0) is 18.1. The Morgan fingerprint density at radius 3 is 2.69 bits per heavy atom. The van der Waals surface area contributed by atoms with Crippen LogP contribution < -0.4 is 18.9 Å². The van der Waals surface area contributed by atoms with Crippen molar-refractivity contribution in [3.8, 4) is 23.0 Å². The number of nitrogens with one attached hydrogen (secondary N) is 1. The van der Waals surface area contributed by atoms with E-state index in [2.05, 4.69) is 15.0 Å². The molecule has 136 valence electrons. The number of H-pyrrole nitrogens is 1. The van der Waals surface area contributed by atoms with Gasteiger partial charge in [0, 0.05) is 35.6 Å². The molecule has 0 saturated heterocycles. The number of imidazole rings is 1. The minimum atomic E-state index is -1.44. The molecule has 0 spiro atoms. The predicted octanol–water partition coefficient (Wildman–Crippen LogP) is 2.05. The fourth-order valence-corrected chi connectivity index (χ4v) is 3.79. The van der Waals surface area contributed by atoms with Gasteiger partial charge in [0.15, 0.2) is 28.8 Å². The first-order valence-electron chi connectivity index (χ1n) is 7.93. The van der Waals surface area contributed by atoms with E-state index in [0.717, 1.165) is 5.52 Å². The first-order chi connectivity index (χ1) is 12.7. The molecule has 26 heavy (non-hydrogen) atoms. The van der Waals surface area contributed by atoms with Gasteiger partial charge in [0.2, 0.25) is 0 Å². The van der Waals surface area contributed by atoms with Gasteiger partial charge in [0.05, 0.1) is 25.3 Å². The monoisotopic (exact) mass is 375 g/mol. The predicted molar refractivity (Wildman–Crippen MR) is 94.5 cm³/mol. The highest BCUT2D eigenvalue weighted by Gasteiger charge is 2.23. The quantitative estimate of drug-likeness (QED) is 0.681. The third-order valence-corrected chi connectivity index (χ3v) is 5.13. The smallest absolute Gasteiger partial charge is 0.322 e. The molecule has 0 aliphatic carbocycles. The first kappa shape index (κ1) is 16.8. The Hall–Kier alpha value is -2.65. The molecule has 1 N–H and O–H groups in total. The second kappa shape index (κ2) is 6.93. The summed E-state index contributed by atoms with van der Waals surface area (Å²) in [4.78, 5) is 11.8. The van der Waals surface area contributed by atoms with Crippen molar-refractivity contribution in [3.05, 3.63) is 30.1 Å². The lowest BCUT2D eigenvalue weighted by molar-refractivity contribution is 0.172. The van der Waals surface area contributed by atoms with Gasteiger partial charge in [0.25, 0.3) is 0 Å². The second-order valence-corrected chi connectivity index (χ2v) is 6.90. The molecule has 1 atom stereocenters. The van der Waals surface area contributed by atoms with Crippen LogP contribution >= 0.6 is 0 Å². The summed E-state index contributed by atoms with van der Waals surface area (Å²) in [5.74, 6) is 2.45. The topological polar surface area (TPSA) is 102 Å². The summed E-state index contributed by atoms with van der Waals surface area (Å²) in [6.45, 7) is 1.01. The van der Waals surface area contributed by atoms with Crippen molar-refractivity contribution in [2.45, 2.75) is 10.9 Å². The zero-order valence-electron chi connectivity index (χ0n) is 14.3. The van der Waals surface area contributed by atoms with Crippen molar-refractivity contribution in [2.24, 2.45) is 0 Å². The number of aromatic amines is 1. The average Bonchev–Trinajstić information content (AvgIpc) is 3.08. The molecular formula is C17H17N3O5S. The van der Waals surface area contributed by atoms with Gasteiger partial charge in [-0.05, 0) is 0 Å². The van der Waals surface area contributed by atoms with E-state index in [1.54, 1.807) is 25.4 Å². The second-order valence-electron chi connectivity index (χ2n) is 5.54. The lowest BCUT2D eigenvalue weighted by Crippen LogP contribution is -2.15. The molecule has 3 heterocycles. The molecule has 1 aliphatic rings. The molecule has 3 aromatic rings. The van der Waals surface area contributed by atoms with E-state index in [0.29, 0.717) is 52.6 Å². The lowest BCUT2D eigenvalue weighted by atomic mass is 10.2. The summed E-state index contributed by atoms with van der Waals surface area (Å²) >= 11 is -1.44. The van der Waals surface area contributed by atoms with Crippen LogP contribution in [0.15, 0.2) is 29.6 Å². The summed E-state index contributed by atoms with van der Waals surface area (Å²) in [5, 5.41) is 0.356. The van der Waals surface area contributed by atoms with E-state index in [4.69, 9.17) is 18.9 Å². The molecule has 0 saturated carbocycles. The van der Waals surface area contributed by atoms with Crippen molar-refractivity contribution < 1.29 is 23.5 Å². The number of nitrogens with zero attached hydrogens (tertiary/aromatic N) is 2. The highest BCUT2D eigenvalue weighted by atomic mass is 32.2. The van der Waals surface area contributed by atoms with Crippen LogP contribution in [-0.4, -0.2) is 46.9 Å². The minimum Gasteiger partial charge on any atom is -0.609 e. The number of hydrogen-bond acceptors (Lipinski definition) is 7. The normalized spacial score (nSPS) is 14.3. The highest BCUT2D eigenvalue weighted by Crippen LogP contribution is 2.35. The molecule has 1 unspecified atom stereocenters. The maximum atomic E-state index is 12.8. The van der Waals surface area contributed by atoms with Gasteiger partial charge in [-0.15, -0.1) is 0 Å². The molecule has 1 aliphatic heterocycles. The van der Waals surface area contributed by atoms with Gasteiger partial charge >= 0.3 is 5.16 Å². The summed E-state index contributed by atoms with van der Waals surface area (Å²) in [6.07, 6.45) is 1.59. The number of ether oxygens (including phenoxy) is 4. The van der Waals surface area contributed by atoms with Gasteiger partial charge in [-0.3, -0.25) is 9.97 Å². The van der Waals surface area contributed by atoms with Crippen molar-refractivity contribution in [3.63, 3.8) is 0 Å². The number of benzene rings is 1. The van der Waals surface area contributed by atoms with Crippen LogP contribution in [0.1, 0.15) is 5.69 Å². The minimum absolute atomic E-state index is 0.146. The average molecular weight is 375 g/mol. The number of methoxy groups -OCH3 is 2. The molecule has 0 radical (unpaired) electrons. The van der Waals surface area contributed by atoms with Crippen LogP contribution in [-0.2, 0) is 16.9 Å². The van der Waals surface area contributed by atoms with E-state index in [1.165, 1.54) is 7.11 Å². The molecule has 2 aromatic heterocycles. The Morgan fingerprint density at radius 2 is 1.96 bits per heavy atom. The Labute approximate surface area is 152 Å². The van der Waals surface area contributed by atoms with Gasteiger partial charge in [-0.25, -0.2) is 0 Å². The Bertz CT molecular complexity index is 903. The molecule has 1 aromatic carbocycles. The number of fused-ring (bicyclic) bond motifs is 2. The standard InChI is InChI=1S/C17H17N3O5S/c1-22-13-3-4-18-12(16(13)23-2)9-26(21)17-19-10-7-14-15(8-11(10)20-17)25-6-5-24-14/h3-4,7-8H,5-6,9H2,1-2H3,(H,19,20). The van der Waals surface area contributed by atoms with Crippen LogP contribution in [0.2, 0.25) is 0 Å². The van der Waals surface area contributed by atoms with E-state index >= 15 is 0 Å². The Kier molecular flexibility index (Phi) is 4.48. The largest absolute Gasteiger partial charge is 0.609 e. The van der Waals surface area contributed by atoms with Crippen LogP contribution in [0.3, 0.4) is 0 Å². The van der Waals surface area contributed by atoms with E-state index in [9.17, 15) is 4.55 Å². The molecule has 0 amide bonds. The molecule has 0 bridgehead atoms. The van der Waals surface area contributed by atoms with Crippen LogP contribution in [0, 0.1) is 0 Å². The Morgan fingerprint density at radius 1 is 1.19 bits per heavy atom. The maximum Gasteiger partial charge on any atom is 0.322 e. The molecule has 8 nitrogen and oxygen atoms in total. The van der Waals surface area contributed by atoms with Crippen molar-refractivity contribution in [2.75, 3.05) is 27.4 Å². The number of pyridine rings is 1. The zero-order valence-corrected chi connectivity index (χ0v) is 15.1. The third-order valence-electron chi connectivity index (χ3n) is 3.97. The summed E-state index contributed by atoms with van der Waals surface area (Å²) in [6, 6.07) is 5.28. The van der Waals surface area contributed by atoms with Crippen molar-refractivity contribution in [1.82, 2.24) is 15.0 Å². The lowest BCUT2D eigenvalue weighted by Gasteiger charge is -2.17. The molecular weight excluding hydrogens is 358 g/mol. The molecule has 4 rings (SSSR count). The fraction of sp³-hybridized carbons (Fsp3) is 0.294. The van der Waals surface area contributed by atoms with Crippen LogP contribution in [0.25, 0.3) is 11.0 Å². The van der Waals surface area contributed by atoms with Gasteiger partial charge in [-0.2, -0.15) is 4.98 Å². The van der Waals surface area contributed by atoms with E-state index in [-0.39, 0.29) is 5.75 Å². The van der Waals surface area contributed by atoms with Crippen molar-refractivity contribution >= 4 is 22.2 Å². The van der Waals surface area contributed by atoms with Gasteiger partial charge in [0.1, 0.15) is 18.9 Å². The number of hydrogen-bond donors (Lipinski definition) is 1. The number of aromatic nitrogens is 3. The van der Waals surface area contributed by atoms with Crippen molar-refractivity contribution in [1.29, 1.82) is 0 Å². The summed E-state index contributed by atoms with van der Waals surface area (Å²) in [5.41, 5.74) is 1.95. The van der Waals surface area contributed by atoms with Crippen LogP contribution in [0.5, 0.6) is 23.0 Å². The van der Waals surface area contributed by atoms with E-state index in [1.807, 2.05) is 6.07 Å². The number of rotatable bonds is 5. The van der Waals surface area contributed by atoms with Crippen LogP contribution in [0.4, 0.5) is 0 Å². The maximum absolute atomic E-state index is 12.8. The molecule has 0 fully saturated rings. The summed E-state index contributed by atoms with van der Waals surface area (Å²) in [7, 11) is 3.07. The molecule has 9 heteroatoms. The SMILES string of the molecule is COc1ccnc(C[S+]([O-])c2nc3cc4c(cc3[nH]2)OCCO4)c1OC. The third kappa shape index (κ3) is 2.99. The highest BCUT2D eigenvalue weighted by molar-refractivity contribution is 7.90. The first-order valence-corrected chi connectivity index (χ1v) is 9.25. The van der Waals surface area contributed by atoms with Gasteiger partial charge in [-0.1, -0.05) is 0 Å². The van der Waals surface area contributed by atoms with Gasteiger partial charge < -0.3 is 23.5 Å². The van der Waals surface area contributed by atoms with E-state index < -0.39 is 11.2 Å². The summed E-state index contributed by atoms with van der Waals surface area (Å²) < 4.78 is 34.5.